The summed E-state index contributed by atoms with van der Waals surface area (Å²) < 4.78 is 21.2. The van der Waals surface area contributed by atoms with E-state index in [-0.39, 0.29) is 11.8 Å². The second-order valence-corrected chi connectivity index (χ2v) is 6.38. The summed E-state index contributed by atoms with van der Waals surface area (Å²) in [7, 11) is 1.99. The smallest absolute Gasteiger partial charge is 0.292 e. The van der Waals surface area contributed by atoms with Crippen LogP contribution in [0, 0.1) is 5.82 Å². The number of fused-ring (bicyclic) bond motifs is 4. The van der Waals surface area contributed by atoms with Crippen LogP contribution in [-0.4, -0.2) is 21.1 Å². The molecule has 1 aliphatic rings. The van der Waals surface area contributed by atoms with Gasteiger partial charge >= 0.3 is 0 Å². The first-order valence-corrected chi connectivity index (χ1v) is 8.13. The second kappa shape index (κ2) is 4.95. The van der Waals surface area contributed by atoms with E-state index in [9.17, 15) is 4.39 Å². The topological polar surface area (TPSA) is 73.1 Å². The molecule has 7 heteroatoms. The van der Waals surface area contributed by atoms with Crippen LogP contribution in [0.1, 0.15) is 11.3 Å². The van der Waals surface area contributed by atoms with Crippen LogP contribution < -0.4 is 10.6 Å². The number of rotatable bonds is 1. The van der Waals surface area contributed by atoms with E-state index in [1.54, 1.807) is 6.07 Å². The average Bonchev–Trinajstić information content (AvgIpc) is 3.11. The van der Waals surface area contributed by atoms with Gasteiger partial charge in [0.2, 0.25) is 0 Å². The minimum Gasteiger partial charge on any atom is -0.424 e. The Morgan fingerprint density at radius 1 is 1.28 bits per heavy atom. The fourth-order valence-corrected chi connectivity index (χ4v) is 3.76. The van der Waals surface area contributed by atoms with Gasteiger partial charge in [0.15, 0.2) is 5.58 Å². The number of anilines is 2. The van der Waals surface area contributed by atoms with Gasteiger partial charge in [0.05, 0.1) is 6.20 Å². The van der Waals surface area contributed by atoms with Gasteiger partial charge in [-0.2, -0.15) is 4.98 Å². The number of hydrogen-bond acceptors (Lipinski definition) is 5. The fourth-order valence-electron chi connectivity index (χ4n) is 3.76. The first-order valence-electron chi connectivity index (χ1n) is 8.13. The highest BCUT2D eigenvalue weighted by Gasteiger charge is 2.24. The molecule has 4 aromatic rings. The van der Waals surface area contributed by atoms with Crippen molar-refractivity contribution in [1.82, 2.24) is 14.5 Å². The Kier molecular flexibility index (Phi) is 2.83. The molecule has 0 spiro atoms. The molecule has 1 aliphatic heterocycles. The van der Waals surface area contributed by atoms with Gasteiger partial charge in [0, 0.05) is 55.0 Å². The number of nitrogens with zero attached hydrogens (tertiary/aromatic N) is 4. The molecule has 0 aliphatic carbocycles. The number of nitrogens with two attached hydrogens (primary N) is 1. The molecule has 25 heavy (non-hydrogen) atoms. The molecule has 5 rings (SSSR count). The van der Waals surface area contributed by atoms with Crippen molar-refractivity contribution >= 4 is 33.8 Å². The summed E-state index contributed by atoms with van der Waals surface area (Å²) in [5.41, 5.74) is 11.3. The molecule has 6 nitrogen and oxygen atoms in total. The number of nitrogen functional groups attached to an aromatic ring is 1. The van der Waals surface area contributed by atoms with Crippen molar-refractivity contribution < 1.29 is 8.81 Å². The van der Waals surface area contributed by atoms with E-state index >= 15 is 0 Å². The number of halogens is 1. The van der Waals surface area contributed by atoms with Crippen molar-refractivity contribution in [2.45, 2.75) is 13.0 Å². The van der Waals surface area contributed by atoms with Gasteiger partial charge in [-0.05, 0) is 18.2 Å². The van der Waals surface area contributed by atoms with Gasteiger partial charge in [-0.3, -0.25) is 0 Å². The molecular formula is C18H16FN5O. The number of pyridine rings is 1. The standard InChI is InChI=1S/C18H16FN5O/c1-23-15-4-5-24(9-13(15)12-6-10(19)8-21-17(12)23)11-2-3-14-16(7-11)25-18(20)22-14/h2-3,6-8H,4-5,9H2,1H3,(H2,20,22). The van der Waals surface area contributed by atoms with Gasteiger partial charge in [-0.25, -0.2) is 9.37 Å². The van der Waals surface area contributed by atoms with Crippen LogP contribution in [-0.2, 0) is 20.0 Å². The third kappa shape index (κ3) is 2.08. The number of aromatic nitrogens is 3. The molecule has 0 atom stereocenters. The maximum Gasteiger partial charge on any atom is 0.292 e. The summed E-state index contributed by atoms with van der Waals surface area (Å²) in [6, 6.07) is 7.62. The van der Waals surface area contributed by atoms with Crippen molar-refractivity contribution in [3.8, 4) is 0 Å². The largest absolute Gasteiger partial charge is 0.424 e. The predicted octanol–water partition coefficient (Wildman–Crippen LogP) is 3.00. The van der Waals surface area contributed by atoms with Crippen molar-refractivity contribution in [2.75, 3.05) is 17.2 Å². The van der Waals surface area contributed by atoms with Crippen molar-refractivity contribution in [3.63, 3.8) is 0 Å². The molecule has 0 saturated heterocycles. The first-order chi connectivity index (χ1) is 12.1. The van der Waals surface area contributed by atoms with E-state index < -0.39 is 0 Å². The van der Waals surface area contributed by atoms with E-state index in [2.05, 4.69) is 19.4 Å². The zero-order chi connectivity index (χ0) is 17.1. The minimum atomic E-state index is -0.309. The van der Waals surface area contributed by atoms with Crippen molar-refractivity contribution in [2.24, 2.45) is 7.05 Å². The molecule has 126 valence electrons. The SMILES string of the molecule is Cn1c2c(c3cc(F)cnc31)CN(c1ccc3nc(N)oc3c1)CC2. The average molecular weight is 337 g/mol. The van der Waals surface area contributed by atoms with Crippen LogP contribution in [0.4, 0.5) is 16.1 Å². The number of hydrogen-bond donors (Lipinski definition) is 1. The summed E-state index contributed by atoms with van der Waals surface area (Å²) in [5.74, 6) is -0.309. The number of benzene rings is 1. The third-order valence-corrected chi connectivity index (χ3v) is 4.95. The number of oxazole rings is 1. The molecule has 0 amide bonds. The first kappa shape index (κ1) is 14.3. The minimum absolute atomic E-state index is 0.170. The van der Waals surface area contributed by atoms with Gasteiger partial charge in [0.1, 0.15) is 17.0 Å². The van der Waals surface area contributed by atoms with Gasteiger partial charge in [-0.1, -0.05) is 0 Å². The Balaban J connectivity index is 1.59. The van der Waals surface area contributed by atoms with E-state index in [1.165, 1.54) is 11.9 Å². The predicted molar refractivity (Wildman–Crippen MR) is 93.8 cm³/mol. The molecule has 3 aromatic heterocycles. The highest BCUT2D eigenvalue weighted by Crippen LogP contribution is 2.33. The molecule has 0 fully saturated rings. The lowest BCUT2D eigenvalue weighted by Gasteiger charge is -2.29. The van der Waals surface area contributed by atoms with Gasteiger partial charge in [-0.15, -0.1) is 0 Å². The van der Waals surface area contributed by atoms with Crippen LogP contribution in [0.25, 0.3) is 22.1 Å². The zero-order valence-electron chi connectivity index (χ0n) is 13.7. The number of aryl methyl sites for hydroxylation is 1. The van der Waals surface area contributed by atoms with Crippen molar-refractivity contribution in [1.29, 1.82) is 0 Å². The van der Waals surface area contributed by atoms with Crippen LogP contribution in [0.15, 0.2) is 34.9 Å². The van der Waals surface area contributed by atoms with E-state index in [1.807, 2.05) is 25.2 Å². The van der Waals surface area contributed by atoms with Crippen LogP contribution in [0.2, 0.25) is 0 Å². The summed E-state index contributed by atoms with van der Waals surface area (Å²) >= 11 is 0. The Morgan fingerprint density at radius 2 is 2.16 bits per heavy atom. The summed E-state index contributed by atoms with van der Waals surface area (Å²) in [5, 5.41) is 0.882. The van der Waals surface area contributed by atoms with Crippen LogP contribution in [0.3, 0.4) is 0 Å². The molecule has 0 radical (unpaired) electrons. The monoisotopic (exact) mass is 337 g/mol. The quantitative estimate of drug-likeness (QED) is 0.578. The molecule has 0 unspecified atom stereocenters. The van der Waals surface area contributed by atoms with Crippen LogP contribution in [0.5, 0.6) is 0 Å². The van der Waals surface area contributed by atoms with Crippen molar-refractivity contribution in [3.05, 3.63) is 47.5 Å². The maximum absolute atomic E-state index is 13.7. The van der Waals surface area contributed by atoms with Crippen LogP contribution >= 0.6 is 0 Å². The lowest BCUT2D eigenvalue weighted by molar-refractivity contribution is 0.623. The molecule has 4 heterocycles. The van der Waals surface area contributed by atoms with E-state index in [0.29, 0.717) is 12.1 Å². The normalized spacial score (nSPS) is 14.4. The van der Waals surface area contributed by atoms with E-state index in [0.717, 1.165) is 40.8 Å². The molecule has 0 saturated carbocycles. The summed E-state index contributed by atoms with van der Waals surface area (Å²) in [6.07, 6.45) is 2.15. The molecule has 1 aromatic carbocycles. The Labute approximate surface area is 142 Å². The zero-order valence-corrected chi connectivity index (χ0v) is 13.7. The maximum atomic E-state index is 13.7. The Bertz CT molecular complexity index is 1130. The van der Waals surface area contributed by atoms with Gasteiger partial charge < -0.3 is 19.6 Å². The Hall–Kier alpha value is -3.09. The summed E-state index contributed by atoms with van der Waals surface area (Å²) in [6.45, 7) is 1.57. The molecule has 2 N–H and O–H groups in total. The fraction of sp³-hybridized carbons (Fsp3) is 0.222. The second-order valence-electron chi connectivity index (χ2n) is 6.38. The third-order valence-electron chi connectivity index (χ3n) is 4.95. The highest BCUT2D eigenvalue weighted by molar-refractivity contribution is 5.84. The molecular weight excluding hydrogens is 321 g/mol. The lowest BCUT2D eigenvalue weighted by Crippen LogP contribution is -2.30. The summed E-state index contributed by atoms with van der Waals surface area (Å²) in [4.78, 5) is 10.6. The highest BCUT2D eigenvalue weighted by atomic mass is 19.1. The Morgan fingerprint density at radius 3 is 3.04 bits per heavy atom. The van der Waals surface area contributed by atoms with E-state index in [4.69, 9.17) is 10.2 Å². The van der Waals surface area contributed by atoms with Gasteiger partial charge in [0.25, 0.3) is 6.01 Å². The lowest BCUT2D eigenvalue weighted by atomic mass is 10.0. The molecule has 0 bridgehead atoms.